The number of nitrogens with zero attached hydrogens (tertiary/aromatic N) is 2. The van der Waals surface area contributed by atoms with Crippen molar-refractivity contribution >= 4 is 43.4 Å². The molecule has 1 aromatic heterocycles. The number of rotatable bonds is 2. The summed E-state index contributed by atoms with van der Waals surface area (Å²) >= 11 is 8.03. The molecule has 6 heteroatoms. The Morgan fingerprint density at radius 2 is 2.13 bits per heavy atom. The van der Waals surface area contributed by atoms with Crippen LogP contribution in [0.5, 0.6) is 5.75 Å². The van der Waals surface area contributed by atoms with Gasteiger partial charge in [0.1, 0.15) is 5.75 Å². The Bertz CT molecular complexity index is 487. The SMILES string of the molecule is COc1ccc(-c2nsc(Br)n2)cc1Br. The second kappa shape index (κ2) is 4.59. The van der Waals surface area contributed by atoms with Crippen LogP contribution in [0.15, 0.2) is 26.6 Å². The highest BCUT2D eigenvalue weighted by atomic mass is 79.9. The minimum Gasteiger partial charge on any atom is -0.496 e. The Morgan fingerprint density at radius 1 is 1.33 bits per heavy atom. The van der Waals surface area contributed by atoms with Crippen LogP contribution in [-0.4, -0.2) is 16.5 Å². The molecule has 0 spiro atoms. The van der Waals surface area contributed by atoms with Crippen molar-refractivity contribution in [2.45, 2.75) is 0 Å². The van der Waals surface area contributed by atoms with Crippen molar-refractivity contribution in [1.29, 1.82) is 0 Å². The summed E-state index contributed by atoms with van der Waals surface area (Å²) in [5.74, 6) is 1.52. The summed E-state index contributed by atoms with van der Waals surface area (Å²) in [6, 6.07) is 5.75. The van der Waals surface area contributed by atoms with Crippen molar-refractivity contribution in [2.24, 2.45) is 0 Å². The van der Waals surface area contributed by atoms with E-state index in [0.717, 1.165) is 25.5 Å². The molecule has 78 valence electrons. The Labute approximate surface area is 108 Å². The fraction of sp³-hybridized carbons (Fsp3) is 0.111. The van der Waals surface area contributed by atoms with Gasteiger partial charge in [0, 0.05) is 5.56 Å². The van der Waals surface area contributed by atoms with Crippen LogP contribution in [-0.2, 0) is 0 Å². The molecule has 0 fully saturated rings. The van der Waals surface area contributed by atoms with E-state index in [1.165, 1.54) is 11.5 Å². The maximum Gasteiger partial charge on any atom is 0.179 e. The molecule has 0 N–H and O–H groups in total. The van der Waals surface area contributed by atoms with Crippen molar-refractivity contribution in [2.75, 3.05) is 7.11 Å². The van der Waals surface area contributed by atoms with Crippen molar-refractivity contribution in [3.8, 4) is 17.1 Å². The third-order valence-corrected chi connectivity index (χ3v) is 3.55. The topological polar surface area (TPSA) is 35.0 Å². The molecule has 1 aromatic carbocycles. The monoisotopic (exact) mass is 348 g/mol. The van der Waals surface area contributed by atoms with Gasteiger partial charge in [-0.1, -0.05) is 0 Å². The van der Waals surface area contributed by atoms with Gasteiger partial charge >= 0.3 is 0 Å². The molecule has 0 saturated heterocycles. The zero-order valence-electron chi connectivity index (χ0n) is 7.70. The number of aromatic nitrogens is 2. The van der Waals surface area contributed by atoms with Crippen LogP contribution < -0.4 is 4.74 Å². The Morgan fingerprint density at radius 3 is 2.67 bits per heavy atom. The summed E-state index contributed by atoms with van der Waals surface area (Å²) in [6.07, 6.45) is 0. The summed E-state index contributed by atoms with van der Waals surface area (Å²) in [5, 5.41) is 0. The van der Waals surface area contributed by atoms with E-state index in [9.17, 15) is 0 Å². The lowest BCUT2D eigenvalue weighted by atomic mass is 10.2. The molecule has 2 aromatic rings. The maximum absolute atomic E-state index is 5.15. The van der Waals surface area contributed by atoms with Crippen molar-refractivity contribution < 1.29 is 4.74 Å². The van der Waals surface area contributed by atoms with E-state index in [2.05, 4.69) is 41.2 Å². The molecule has 0 amide bonds. The summed E-state index contributed by atoms with van der Waals surface area (Å²) < 4.78 is 11.0. The smallest absolute Gasteiger partial charge is 0.179 e. The van der Waals surface area contributed by atoms with E-state index in [0.29, 0.717) is 0 Å². The van der Waals surface area contributed by atoms with Crippen molar-refractivity contribution in [1.82, 2.24) is 9.36 Å². The summed E-state index contributed by atoms with van der Waals surface area (Å²) in [5.41, 5.74) is 0.963. The minimum absolute atomic E-state index is 0.718. The zero-order valence-corrected chi connectivity index (χ0v) is 11.7. The van der Waals surface area contributed by atoms with Crippen LogP contribution in [0.25, 0.3) is 11.4 Å². The summed E-state index contributed by atoms with van der Waals surface area (Å²) in [6.45, 7) is 0. The van der Waals surface area contributed by atoms with E-state index < -0.39 is 0 Å². The van der Waals surface area contributed by atoms with Gasteiger partial charge in [0.15, 0.2) is 9.74 Å². The van der Waals surface area contributed by atoms with Crippen LogP contribution in [0.3, 0.4) is 0 Å². The van der Waals surface area contributed by atoms with E-state index in [1.54, 1.807) is 7.11 Å². The Kier molecular flexibility index (Phi) is 3.38. The van der Waals surface area contributed by atoms with Crippen LogP contribution in [0.2, 0.25) is 0 Å². The molecule has 1 heterocycles. The quantitative estimate of drug-likeness (QED) is 0.828. The average molecular weight is 350 g/mol. The van der Waals surface area contributed by atoms with E-state index in [-0.39, 0.29) is 0 Å². The van der Waals surface area contributed by atoms with Crippen LogP contribution in [0.1, 0.15) is 0 Å². The minimum atomic E-state index is 0.718. The van der Waals surface area contributed by atoms with Gasteiger partial charge in [0.2, 0.25) is 0 Å². The largest absolute Gasteiger partial charge is 0.496 e. The number of methoxy groups -OCH3 is 1. The molecule has 15 heavy (non-hydrogen) atoms. The maximum atomic E-state index is 5.15. The molecule has 0 bridgehead atoms. The van der Waals surface area contributed by atoms with Gasteiger partial charge in [-0.3, -0.25) is 0 Å². The normalized spacial score (nSPS) is 10.3. The lowest BCUT2D eigenvalue weighted by Crippen LogP contribution is -1.86. The van der Waals surface area contributed by atoms with E-state index in [1.807, 2.05) is 18.2 Å². The fourth-order valence-electron chi connectivity index (χ4n) is 1.13. The van der Waals surface area contributed by atoms with Gasteiger partial charge in [-0.05, 0) is 61.6 Å². The number of hydrogen-bond donors (Lipinski definition) is 0. The molecule has 0 aliphatic rings. The number of benzene rings is 1. The highest BCUT2D eigenvalue weighted by Crippen LogP contribution is 2.30. The van der Waals surface area contributed by atoms with Crippen molar-refractivity contribution in [3.05, 3.63) is 26.6 Å². The lowest BCUT2D eigenvalue weighted by Gasteiger charge is -2.03. The zero-order chi connectivity index (χ0) is 10.8. The predicted molar refractivity (Wildman–Crippen MR) is 67.3 cm³/mol. The van der Waals surface area contributed by atoms with Crippen LogP contribution in [0, 0.1) is 0 Å². The summed E-state index contributed by atoms with van der Waals surface area (Å²) in [7, 11) is 1.64. The second-order valence-electron chi connectivity index (χ2n) is 2.72. The van der Waals surface area contributed by atoms with Gasteiger partial charge in [-0.15, -0.1) is 0 Å². The Hall–Kier alpha value is -0.460. The highest BCUT2D eigenvalue weighted by Gasteiger charge is 2.07. The van der Waals surface area contributed by atoms with Crippen molar-refractivity contribution in [3.63, 3.8) is 0 Å². The number of hydrogen-bond acceptors (Lipinski definition) is 4. The first-order chi connectivity index (χ1) is 7.20. The average Bonchev–Trinajstić information content (AvgIpc) is 2.65. The molecule has 0 unspecified atom stereocenters. The lowest BCUT2D eigenvalue weighted by molar-refractivity contribution is 0.412. The first-order valence-electron chi connectivity index (χ1n) is 4.04. The second-order valence-corrected chi connectivity index (χ2v) is 5.60. The third-order valence-electron chi connectivity index (χ3n) is 1.81. The molecule has 0 aliphatic carbocycles. The molecule has 0 aliphatic heterocycles. The van der Waals surface area contributed by atoms with E-state index >= 15 is 0 Å². The number of ether oxygens (including phenoxy) is 1. The van der Waals surface area contributed by atoms with Gasteiger partial charge in [-0.2, -0.15) is 4.37 Å². The molecule has 0 atom stereocenters. The fourth-order valence-corrected chi connectivity index (χ4v) is 2.49. The number of halogens is 2. The molecular formula is C9H6Br2N2OS. The van der Waals surface area contributed by atoms with Gasteiger partial charge in [0.05, 0.1) is 11.6 Å². The van der Waals surface area contributed by atoms with Gasteiger partial charge in [0.25, 0.3) is 0 Å². The highest BCUT2D eigenvalue weighted by molar-refractivity contribution is 9.11. The van der Waals surface area contributed by atoms with Crippen LogP contribution in [0.4, 0.5) is 0 Å². The van der Waals surface area contributed by atoms with Gasteiger partial charge in [-0.25, -0.2) is 4.98 Å². The van der Waals surface area contributed by atoms with Crippen LogP contribution >= 0.6 is 43.4 Å². The van der Waals surface area contributed by atoms with E-state index in [4.69, 9.17) is 4.74 Å². The third kappa shape index (κ3) is 2.38. The first kappa shape index (κ1) is 11.0. The first-order valence-corrected chi connectivity index (χ1v) is 6.40. The predicted octanol–water partition coefficient (Wildman–Crippen LogP) is 3.74. The molecule has 0 radical (unpaired) electrons. The van der Waals surface area contributed by atoms with Gasteiger partial charge < -0.3 is 4.74 Å². The standard InChI is InChI=1S/C9H6Br2N2OS/c1-14-7-3-2-5(4-6(7)10)8-12-9(11)15-13-8/h2-4H,1H3. The molecule has 3 nitrogen and oxygen atoms in total. The molecule has 2 rings (SSSR count). The molecule has 0 saturated carbocycles. The molecular weight excluding hydrogens is 344 g/mol. The summed E-state index contributed by atoms with van der Waals surface area (Å²) in [4.78, 5) is 4.24. The Balaban J connectivity index is 2.42.